The van der Waals surface area contributed by atoms with Crippen molar-refractivity contribution in [1.82, 2.24) is 9.55 Å². The quantitative estimate of drug-likeness (QED) is 0.490. The molecule has 21 heavy (non-hydrogen) atoms. The van der Waals surface area contributed by atoms with Crippen molar-refractivity contribution in [2.45, 2.75) is 20.8 Å². The Morgan fingerprint density at radius 1 is 1.43 bits per heavy atom. The smallest absolute Gasteiger partial charge is 0.358 e. The summed E-state index contributed by atoms with van der Waals surface area (Å²) in [6.07, 6.45) is 1.39. The van der Waals surface area contributed by atoms with Gasteiger partial charge in [0.2, 0.25) is 0 Å². The molecule has 2 rings (SSSR count). The lowest BCUT2D eigenvalue weighted by molar-refractivity contribution is -0.384. The number of hydrogen-bond donors (Lipinski definition) is 0. The molecule has 0 spiro atoms. The van der Waals surface area contributed by atoms with Crippen LogP contribution in [0.4, 0.5) is 5.69 Å². The lowest BCUT2D eigenvalue weighted by Crippen LogP contribution is -2.08. The molecule has 0 aliphatic heterocycles. The lowest BCUT2D eigenvalue weighted by Gasteiger charge is -2.08. The molecule has 0 unspecified atom stereocenters. The number of imidazole rings is 1. The molecule has 0 saturated carbocycles. The molecular weight excluding hydrogens is 274 g/mol. The van der Waals surface area contributed by atoms with Crippen molar-refractivity contribution >= 4 is 11.7 Å². The van der Waals surface area contributed by atoms with Crippen molar-refractivity contribution in [3.63, 3.8) is 0 Å². The normalized spacial score (nSPS) is 10.4. The molecule has 1 aromatic heterocycles. The van der Waals surface area contributed by atoms with Crippen LogP contribution in [-0.4, -0.2) is 27.1 Å². The van der Waals surface area contributed by atoms with Crippen LogP contribution >= 0.6 is 0 Å². The molecule has 0 N–H and O–H groups in total. The number of carbonyl (C=O) groups is 1. The van der Waals surface area contributed by atoms with Gasteiger partial charge < -0.3 is 4.74 Å². The van der Waals surface area contributed by atoms with E-state index in [0.717, 1.165) is 5.56 Å². The number of aromatic nitrogens is 2. The van der Waals surface area contributed by atoms with Gasteiger partial charge in [0, 0.05) is 6.07 Å². The van der Waals surface area contributed by atoms with Crippen LogP contribution in [-0.2, 0) is 4.74 Å². The van der Waals surface area contributed by atoms with Crippen LogP contribution in [0.25, 0.3) is 5.69 Å². The molecule has 0 aliphatic rings. The summed E-state index contributed by atoms with van der Waals surface area (Å²) in [6.45, 7) is 5.46. The minimum atomic E-state index is -0.538. The first-order valence-electron chi connectivity index (χ1n) is 6.42. The van der Waals surface area contributed by atoms with E-state index in [0.29, 0.717) is 11.4 Å². The molecule has 0 saturated heterocycles. The maximum atomic E-state index is 11.8. The van der Waals surface area contributed by atoms with Gasteiger partial charge >= 0.3 is 5.97 Å². The molecule has 110 valence electrons. The summed E-state index contributed by atoms with van der Waals surface area (Å²) in [5, 5.41) is 11.1. The van der Waals surface area contributed by atoms with Crippen molar-refractivity contribution in [3.8, 4) is 5.69 Å². The van der Waals surface area contributed by atoms with Crippen molar-refractivity contribution < 1.29 is 14.5 Å². The van der Waals surface area contributed by atoms with Crippen LogP contribution in [0.5, 0.6) is 0 Å². The van der Waals surface area contributed by atoms with Crippen LogP contribution in [0.2, 0.25) is 0 Å². The van der Waals surface area contributed by atoms with Crippen LogP contribution < -0.4 is 0 Å². The monoisotopic (exact) mass is 289 g/mol. The van der Waals surface area contributed by atoms with Crippen molar-refractivity contribution in [2.75, 3.05) is 6.61 Å². The van der Waals surface area contributed by atoms with Crippen LogP contribution in [0.15, 0.2) is 24.5 Å². The Kier molecular flexibility index (Phi) is 4.02. The van der Waals surface area contributed by atoms with Gasteiger partial charge in [-0.25, -0.2) is 9.78 Å². The zero-order valence-corrected chi connectivity index (χ0v) is 12.0. The van der Waals surface area contributed by atoms with Crippen molar-refractivity contribution in [3.05, 3.63) is 51.6 Å². The number of benzene rings is 1. The SMILES string of the molecule is CCOC(=O)c1ncn(-c2cc(C)ccc2[N+](=O)[O-])c1C. The molecule has 0 radical (unpaired) electrons. The zero-order chi connectivity index (χ0) is 15.6. The number of carbonyl (C=O) groups excluding carboxylic acids is 1. The first-order valence-corrected chi connectivity index (χ1v) is 6.42. The summed E-state index contributed by atoms with van der Waals surface area (Å²) in [5.74, 6) is -0.538. The molecular formula is C14H15N3O4. The topological polar surface area (TPSA) is 87.3 Å². The Labute approximate surface area is 121 Å². The molecule has 2 aromatic rings. The molecule has 0 bridgehead atoms. The number of rotatable bonds is 4. The van der Waals surface area contributed by atoms with E-state index < -0.39 is 10.9 Å². The third kappa shape index (κ3) is 2.76. The molecule has 1 heterocycles. The number of ether oxygens (including phenoxy) is 1. The van der Waals surface area contributed by atoms with E-state index >= 15 is 0 Å². The number of nitrogens with zero attached hydrogens (tertiary/aromatic N) is 3. The lowest BCUT2D eigenvalue weighted by atomic mass is 10.2. The minimum absolute atomic E-state index is 0.0449. The highest BCUT2D eigenvalue weighted by Crippen LogP contribution is 2.26. The van der Waals surface area contributed by atoms with Gasteiger partial charge in [-0.1, -0.05) is 6.07 Å². The Hall–Kier alpha value is -2.70. The molecule has 0 amide bonds. The predicted molar refractivity (Wildman–Crippen MR) is 75.6 cm³/mol. The molecule has 1 aromatic carbocycles. The summed E-state index contributed by atoms with van der Waals surface area (Å²) in [5.41, 5.74) is 1.87. The van der Waals surface area contributed by atoms with Gasteiger partial charge in [0.15, 0.2) is 5.69 Å². The number of nitro benzene ring substituents is 1. The number of hydrogen-bond acceptors (Lipinski definition) is 5. The Balaban J connectivity index is 2.56. The Morgan fingerprint density at radius 2 is 2.14 bits per heavy atom. The molecule has 0 fully saturated rings. The fourth-order valence-electron chi connectivity index (χ4n) is 2.03. The van der Waals surface area contributed by atoms with Gasteiger partial charge in [0.05, 0.1) is 17.2 Å². The second kappa shape index (κ2) is 5.74. The minimum Gasteiger partial charge on any atom is -0.461 e. The van der Waals surface area contributed by atoms with Gasteiger partial charge in [0.1, 0.15) is 12.0 Å². The van der Waals surface area contributed by atoms with E-state index in [1.165, 1.54) is 17.0 Å². The van der Waals surface area contributed by atoms with E-state index in [1.807, 2.05) is 6.92 Å². The largest absolute Gasteiger partial charge is 0.461 e. The second-order valence-corrected chi connectivity index (χ2v) is 4.52. The number of nitro groups is 1. The van der Waals surface area contributed by atoms with Gasteiger partial charge in [-0.3, -0.25) is 14.7 Å². The van der Waals surface area contributed by atoms with Gasteiger partial charge in [-0.05, 0) is 32.4 Å². The fourth-order valence-corrected chi connectivity index (χ4v) is 2.03. The summed E-state index contributed by atoms with van der Waals surface area (Å²) in [7, 11) is 0. The predicted octanol–water partition coefficient (Wildman–Crippen LogP) is 2.57. The van der Waals surface area contributed by atoms with E-state index in [2.05, 4.69) is 4.98 Å². The van der Waals surface area contributed by atoms with Crippen LogP contribution in [0.3, 0.4) is 0 Å². The van der Waals surface area contributed by atoms with E-state index in [9.17, 15) is 14.9 Å². The van der Waals surface area contributed by atoms with Crippen LogP contribution in [0.1, 0.15) is 28.7 Å². The maximum Gasteiger partial charge on any atom is 0.358 e. The summed E-state index contributed by atoms with van der Waals surface area (Å²) >= 11 is 0. The molecule has 7 heteroatoms. The Morgan fingerprint density at radius 3 is 2.76 bits per heavy atom. The molecule has 7 nitrogen and oxygen atoms in total. The highest BCUT2D eigenvalue weighted by Gasteiger charge is 2.21. The highest BCUT2D eigenvalue weighted by atomic mass is 16.6. The Bertz CT molecular complexity index is 706. The van der Waals surface area contributed by atoms with E-state index in [-0.39, 0.29) is 18.0 Å². The van der Waals surface area contributed by atoms with Gasteiger partial charge in [-0.15, -0.1) is 0 Å². The van der Waals surface area contributed by atoms with Crippen molar-refractivity contribution in [1.29, 1.82) is 0 Å². The summed E-state index contributed by atoms with van der Waals surface area (Å²) in [6, 6.07) is 4.79. The summed E-state index contributed by atoms with van der Waals surface area (Å²) in [4.78, 5) is 26.5. The zero-order valence-electron chi connectivity index (χ0n) is 12.0. The molecule has 0 atom stereocenters. The van der Waals surface area contributed by atoms with E-state index in [1.54, 1.807) is 26.0 Å². The maximum absolute atomic E-state index is 11.8. The third-order valence-electron chi connectivity index (χ3n) is 3.06. The first kappa shape index (κ1) is 14.7. The van der Waals surface area contributed by atoms with Gasteiger partial charge in [-0.2, -0.15) is 0 Å². The van der Waals surface area contributed by atoms with E-state index in [4.69, 9.17) is 4.74 Å². The summed E-state index contributed by atoms with van der Waals surface area (Å²) < 4.78 is 6.44. The second-order valence-electron chi connectivity index (χ2n) is 4.52. The van der Waals surface area contributed by atoms with Crippen molar-refractivity contribution in [2.24, 2.45) is 0 Å². The average Bonchev–Trinajstić information content (AvgIpc) is 2.80. The standard InChI is InChI=1S/C14H15N3O4/c1-4-21-14(18)13-10(3)16(8-15-13)12-7-9(2)5-6-11(12)17(19)20/h5-8H,4H2,1-3H3. The van der Waals surface area contributed by atoms with Crippen LogP contribution in [0, 0.1) is 24.0 Å². The fraction of sp³-hybridized carbons (Fsp3) is 0.286. The number of aryl methyl sites for hydroxylation is 1. The third-order valence-corrected chi connectivity index (χ3v) is 3.06. The van der Waals surface area contributed by atoms with Gasteiger partial charge in [0.25, 0.3) is 5.69 Å². The first-order chi connectivity index (χ1) is 9.95. The highest BCUT2D eigenvalue weighted by molar-refractivity contribution is 5.88. The number of esters is 1. The average molecular weight is 289 g/mol. The molecule has 0 aliphatic carbocycles.